The molecule has 2 aliphatic rings. The van der Waals surface area contributed by atoms with E-state index in [0.29, 0.717) is 40.2 Å². The van der Waals surface area contributed by atoms with Crippen LogP contribution in [-0.4, -0.2) is 58.1 Å². The molecule has 0 radical (unpaired) electrons. The number of halogens is 2. The third-order valence-corrected chi connectivity index (χ3v) is 14.9. The molecule has 16 heteroatoms. The molecule has 53 heavy (non-hydrogen) atoms. The van der Waals surface area contributed by atoms with Crippen LogP contribution in [0.4, 0.5) is 11.6 Å². The molecule has 12 nitrogen and oxygen atoms in total. The van der Waals surface area contributed by atoms with Gasteiger partial charge in [0, 0.05) is 45.9 Å². The van der Waals surface area contributed by atoms with Crippen LogP contribution in [0.3, 0.4) is 0 Å². The summed E-state index contributed by atoms with van der Waals surface area (Å²) in [6.45, 7) is 6.04. The molecule has 2 amide bonds. The Bertz CT molecular complexity index is 2380. The van der Waals surface area contributed by atoms with E-state index in [4.69, 9.17) is 23.2 Å². The molecule has 7 rings (SSSR count). The van der Waals surface area contributed by atoms with E-state index in [-0.39, 0.29) is 28.0 Å². The van der Waals surface area contributed by atoms with Crippen molar-refractivity contribution in [1.29, 1.82) is 0 Å². The molecule has 2 saturated carbocycles. The van der Waals surface area contributed by atoms with Crippen molar-refractivity contribution in [1.82, 2.24) is 20.0 Å². The summed E-state index contributed by atoms with van der Waals surface area (Å²) in [7, 11) is -5.91. The average Bonchev–Trinajstić information content (AvgIpc) is 4.03. The lowest BCUT2D eigenvalue weighted by Crippen LogP contribution is -2.37. The molecule has 5 aromatic rings. The first kappa shape index (κ1) is 38.2. The first-order chi connectivity index (χ1) is 24.9. The maximum absolute atomic E-state index is 13.0. The lowest BCUT2D eigenvalue weighted by atomic mass is 9.92. The molecule has 2 heterocycles. The quantitative estimate of drug-likeness (QED) is 0.143. The fraction of sp³-hybridized carbons (Fsp3) is 0.297. The van der Waals surface area contributed by atoms with E-state index in [1.165, 1.54) is 53.2 Å². The fourth-order valence-corrected chi connectivity index (χ4v) is 9.72. The molecule has 0 aliphatic heterocycles. The molecule has 2 fully saturated rings. The molecule has 2 aliphatic carbocycles. The molecule has 0 saturated heterocycles. The molecular formula is C37H38Cl2N6O6S2. The largest absolute Gasteiger partial charge is 0.310 e. The minimum absolute atomic E-state index is 0.0968. The van der Waals surface area contributed by atoms with Crippen LogP contribution < -0.4 is 10.6 Å². The summed E-state index contributed by atoms with van der Waals surface area (Å²) in [5, 5.41) is 17.6. The number of H-pyrrole nitrogens is 1. The Morgan fingerprint density at radius 2 is 1.21 bits per heavy atom. The second-order valence-electron chi connectivity index (χ2n) is 14.1. The second-order valence-corrected chi connectivity index (χ2v) is 19.5. The van der Waals surface area contributed by atoms with E-state index in [1.54, 1.807) is 19.2 Å². The number of amides is 2. The summed E-state index contributed by atoms with van der Waals surface area (Å²) < 4.78 is 50.5. The van der Waals surface area contributed by atoms with Crippen molar-refractivity contribution in [3.05, 3.63) is 107 Å². The molecule has 0 bridgehead atoms. The summed E-state index contributed by atoms with van der Waals surface area (Å²) in [6.07, 6.45) is 1.15. The Hall–Kier alpha value is -4.50. The number of nitrogens with zero attached hydrogens (tertiary/aromatic N) is 3. The van der Waals surface area contributed by atoms with Crippen LogP contribution in [0.1, 0.15) is 52.1 Å². The SMILES string of the molecule is CC(C)(C)c1cc(NC(=O)C2(S(=O)(=O)c3ccc(Cl)cc3)CC2)n[nH]1.Cn1nc(-c2ccccc2)cc1NC(=O)C1(S(=O)(=O)c2ccc(Cl)cc2)CC1. The van der Waals surface area contributed by atoms with E-state index >= 15 is 0 Å². The number of sulfone groups is 2. The molecule has 3 aromatic carbocycles. The van der Waals surface area contributed by atoms with Gasteiger partial charge >= 0.3 is 0 Å². The molecule has 2 aromatic heterocycles. The normalized spacial score (nSPS) is 15.8. The topological polar surface area (TPSA) is 173 Å². The predicted molar refractivity (Wildman–Crippen MR) is 204 cm³/mol. The number of carbonyl (C=O) groups is 2. The fourth-order valence-electron chi connectivity index (χ4n) is 5.71. The molecule has 3 N–H and O–H groups in total. The van der Waals surface area contributed by atoms with E-state index in [2.05, 4.69) is 25.9 Å². The van der Waals surface area contributed by atoms with Crippen LogP contribution in [0, 0.1) is 0 Å². The molecule has 0 spiro atoms. The van der Waals surface area contributed by atoms with Gasteiger partial charge in [0.15, 0.2) is 35.0 Å². The highest BCUT2D eigenvalue weighted by Gasteiger charge is 2.62. The first-order valence-electron chi connectivity index (χ1n) is 16.7. The molecule has 0 unspecified atom stereocenters. The van der Waals surface area contributed by atoms with Crippen LogP contribution >= 0.6 is 23.2 Å². The highest BCUT2D eigenvalue weighted by atomic mass is 35.5. The maximum Gasteiger partial charge on any atom is 0.247 e. The van der Waals surface area contributed by atoms with Gasteiger partial charge in [-0.3, -0.25) is 19.4 Å². The van der Waals surface area contributed by atoms with E-state index in [0.717, 1.165) is 11.3 Å². The average molecular weight is 798 g/mol. The minimum atomic E-state index is -3.82. The summed E-state index contributed by atoms with van der Waals surface area (Å²) in [6, 6.07) is 24.8. The van der Waals surface area contributed by atoms with Gasteiger partial charge in [-0.1, -0.05) is 74.3 Å². The molecular weight excluding hydrogens is 759 g/mol. The lowest BCUT2D eigenvalue weighted by Gasteiger charge is -2.16. The molecule has 278 valence electrons. The standard InChI is InChI=1S/C20H18ClN3O3S.C17H20ClN3O3S/c1-24-18(13-17(23-24)14-5-3-2-4-6-14)22-19(25)20(11-12-20)28(26,27)16-9-7-15(21)8-10-16;1-16(2,3)13-10-14(21-20-13)19-15(22)17(8-9-17)25(23,24)12-6-4-11(18)5-7-12/h2-10,13H,11-12H2,1H3,(H,22,25);4-7,10H,8-9H2,1-3H3,(H2,19,20,21,22). The number of anilines is 2. The van der Waals surface area contributed by atoms with Gasteiger partial charge in [0.05, 0.1) is 15.5 Å². The van der Waals surface area contributed by atoms with Crippen molar-refractivity contribution < 1.29 is 26.4 Å². The zero-order valence-electron chi connectivity index (χ0n) is 29.4. The maximum atomic E-state index is 13.0. The van der Waals surface area contributed by atoms with Crippen molar-refractivity contribution in [3.63, 3.8) is 0 Å². The number of aryl methyl sites for hydroxylation is 1. The number of aromatic nitrogens is 4. The number of carbonyl (C=O) groups excluding carboxylic acids is 2. The van der Waals surface area contributed by atoms with Gasteiger partial charge < -0.3 is 10.6 Å². The Kier molecular flexibility index (Phi) is 10.1. The van der Waals surface area contributed by atoms with Crippen molar-refractivity contribution in [2.24, 2.45) is 7.05 Å². The zero-order chi connectivity index (χ0) is 38.4. The highest BCUT2D eigenvalue weighted by molar-refractivity contribution is 7.94. The van der Waals surface area contributed by atoms with E-state index in [9.17, 15) is 26.4 Å². The van der Waals surface area contributed by atoms with Crippen LogP contribution in [0.5, 0.6) is 0 Å². The van der Waals surface area contributed by atoms with Gasteiger partial charge in [-0.25, -0.2) is 16.8 Å². The minimum Gasteiger partial charge on any atom is -0.310 e. The number of aromatic amines is 1. The lowest BCUT2D eigenvalue weighted by molar-refractivity contribution is -0.117. The number of rotatable bonds is 9. The zero-order valence-corrected chi connectivity index (χ0v) is 32.5. The Morgan fingerprint density at radius 1 is 0.736 bits per heavy atom. The van der Waals surface area contributed by atoms with Gasteiger partial charge in [-0.05, 0) is 74.2 Å². The highest BCUT2D eigenvalue weighted by Crippen LogP contribution is 2.49. The van der Waals surface area contributed by atoms with E-state index in [1.807, 2.05) is 51.1 Å². The van der Waals surface area contributed by atoms with Gasteiger partial charge in [0.1, 0.15) is 5.82 Å². The van der Waals surface area contributed by atoms with Crippen molar-refractivity contribution >= 4 is 66.3 Å². The Morgan fingerprint density at radius 3 is 1.64 bits per heavy atom. The van der Waals surface area contributed by atoms with Gasteiger partial charge in [0.25, 0.3) is 0 Å². The summed E-state index contributed by atoms with van der Waals surface area (Å²) in [4.78, 5) is 25.8. The number of nitrogens with one attached hydrogen (secondary N) is 3. The van der Waals surface area contributed by atoms with Crippen LogP contribution in [0.15, 0.2) is 101 Å². The third kappa shape index (κ3) is 7.50. The summed E-state index contributed by atoms with van der Waals surface area (Å²) in [5.74, 6) is -0.312. The van der Waals surface area contributed by atoms with E-state index < -0.39 is 41.0 Å². The number of hydrogen-bond donors (Lipinski definition) is 3. The Balaban J connectivity index is 0.000000183. The van der Waals surface area contributed by atoms with Gasteiger partial charge in [0.2, 0.25) is 11.8 Å². The summed E-state index contributed by atoms with van der Waals surface area (Å²) in [5.41, 5.74) is 2.31. The van der Waals surface area contributed by atoms with Gasteiger partial charge in [-0.15, -0.1) is 0 Å². The monoisotopic (exact) mass is 796 g/mol. The van der Waals surface area contributed by atoms with Crippen molar-refractivity contribution in [3.8, 4) is 11.3 Å². The smallest absolute Gasteiger partial charge is 0.247 e. The Labute approximate surface area is 318 Å². The van der Waals surface area contributed by atoms with Crippen molar-refractivity contribution in [2.45, 2.75) is 71.2 Å². The predicted octanol–water partition coefficient (Wildman–Crippen LogP) is 6.99. The summed E-state index contributed by atoms with van der Waals surface area (Å²) >= 11 is 11.7. The number of hydrogen-bond acceptors (Lipinski definition) is 8. The van der Waals surface area contributed by atoms with Crippen LogP contribution in [0.2, 0.25) is 10.0 Å². The van der Waals surface area contributed by atoms with Gasteiger partial charge in [-0.2, -0.15) is 10.2 Å². The third-order valence-electron chi connectivity index (χ3n) is 9.33. The van der Waals surface area contributed by atoms with Crippen LogP contribution in [0.25, 0.3) is 11.3 Å². The molecule has 0 atom stereocenters. The second kappa shape index (κ2) is 14.0. The van der Waals surface area contributed by atoms with Crippen molar-refractivity contribution in [2.75, 3.05) is 10.6 Å². The first-order valence-corrected chi connectivity index (χ1v) is 20.4. The number of benzene rings is 3. The van der Waals surface area contributed by atoms with Crippen LogP contribution in [-0.2, 0) is 41.7 Å².